The summed E-state index contributed by atoms with van der Waals surface area (Å²) in [6.45, 7) is 14.0. The van der Waals surface area contributed by atoms with E-state index in [2.05, 4.69) is 43.3 Å². The Hall–Kier alpha value is -1.14. The number of carbonyl (C=O) groups excluding carboxylic acids is 1. The quantitative estimate of drug-likeness (QED) is 0.850. The predicted molar refractivity (Wildman–Crippen MR) is 98.7 cm³/mol. The van der Waals surface area contributed by atoms with E-state index in [0.29, 0.717) is 23.6 Å². The number of rotatable bonds is 6. The summed E-state index contributed by atoms with van der Waals surface area (Å²) in [4.78, 5) is 14.9. The molecular weight excluding hydrogens is 326 g/mol. The Labute approximate surface area is 151 Å². The van der Waals surface area contributed by atoms with Gasteiger partial charge in [0.25, 0.3) is 5.91 Å². The highest BCUT2D eigenvalue weighted by atomic mass is 35.5. The molecule has 2 heterocycles. The molecule has 0 radical (unpaired) electrons. The second-order valence-corrected chi connectivity index (χ2v) is 7.45. The molecule has 0 unspecified atom stereocenters. The summed E-state index contributed by atoms with van der Waals surface area (Å²) in [5.74, 6) is 0.903. The van der Waals surface area contributed by atoms with Gasteiger partial charge in [-0.2, -0.15) is 0 Å². The third-order valence-corrected chi connectivity index (χ3v) is 4.24. The highest BCUT2D eigenvalue weighted by Gasteiger charge is 2.26. The van der Waals surface area contributed by atoms with E-state index in [9.17, 15) is 4.79 Å². The van der Waals surface area contributed by atoms with Gasteiger partial charge in [-0.05, 0) is 44.7 Å². The summed E-state index contributed by atoms with van der Waals surface area (Å²) in [6.07, 6.45) is 2.08. The molecular formula is C17H32ClN5O. The van der Waals surface area contributed by atoms with Crippen LogP contribution < -0.4 is 5.32 Å². The smallest absolute Gasteiger partial charge is 0.276 e. The second kappa shape index (κ2) is 9.37. The zero-order chi connectivity index (χ0) is 17.0. The number of piperidine rings is 1. The van der Waals surface area contributed by atoms with Crippen LogP contribution in [0.15, 0.2) is 0 Å². The van der Waals surface area contributed by atoms with Crippen LogP contribution in [0.25, 0.3) is 0 Å². The number of amides is 1. The largest absolute Gasteiger partial charge is 0.337 e. The Kier molecular flexibility index (Phi) is 8.16. The van der Waals surface area contributed by atoms with E-state index in [-0.39, 0.29) is 18.3 Å². The van der Waals surface area contributed by atoms with Gasteiger partial charge in [-0.3, -0.25) is 4.79 Å². The average Bonchev–Trinajstić information content (AvgIpc) is 2.87. The van der Waals surface area contributed by atoms with Gasteiger partial charge in [0.2, 0.25) is 0 Å². The number of hydrogen-bond donors (Lipinski definition) is 1. The normalized spacial score (nSPS) is 15.6. The monoisotopic (exact) mass is 357 g/mol. The number of halogens is 1. The van der Waals surface area contributed by atoms with Crippen LogP contribution in [0.5, 0.6) is 0 Å². The topological polar surface area (TPSA) is 63.1 Å². The van der Waals surface area contributed by atoms with Crippen LogP contribution in [0.3, 0.4) is 0 Å². The number of nitrogens with one attached hydrogen (secondary N) is 1. The summed E-state index contributed by atoms with van der Waals surface area (Å²) < 4.78 is 1.96. The molecule has 7 heteroatoms. The third kappa shape index (κ3) is 5.18. The summed E-state index contributed by atoms with van der Waals surface area (Å²) in [6, 6.07) is 0.356. The molecule has 0 saturated carbocycles. The van der Waals surface area contributed by atoms with Crippen LogP contribution in [0.1, 0.15) is 62.8 Å². The zero-order valence-electron chi connectivity index (χ0n) is 15.6. The van der Waals surface area contributed by atoms with Crippen molar-refractivity contribution in [1.29, 1.82) is 0 Å². The maximum atomic E-state index is 12.9. The Balaban J connectivity index is 0.00000288. The van der Waals surface area contributed by atoms with E-state index in [1.165, 1.54) is 0 Å². The fraction of sp³-hybridized carbons (Fsp3) is 0.824. The number of nitrogens with zero attached hydrogens (tertiary/aromatic N) is 4. The van der Waals surface area contributed by atoms with E-state index < -0.39 is 0 Å². The van der Waals surface area contributed by atoms with Crippen molar-refractivity contribution in [2.24, 2.45) is 11.8 Å². The van der Waals surface area contributed by atoms with Gasteiger partial charge < -0.3 is 10.2 Å². The Morgan fingerprint density at radius 3 is 2.25 bits per heavy atom. The molecule has 6 nitrogen and oxygen atoms in total. The molecule has 0 aliphatic carbocycles. The van der Waals surface area contributed by atoms with E-state index in [1.54, 1.807) is 0 Å². The lowest BCUT2D eigenvalue weighted by atomic mass is 10.1. The fourth-order valence-electron chi connectivity index (χ4n) is 3.21. The van der Waals surface area contributed by atoms with Gasteiger partial charge in [-0.25, -0.2) is 4.68 Å². The van der Waals surface area contributed by atoms with Crippen molar-refractivity contribution in [2.75, 3.05) is 26.2 Å². The van der Waals surface area contributed by atoms with Crippen molar-refractivity contribution in [1.82, 2.24) is 25.2 Å². The van der Waals surface area contributed by atoms with Crippen LogP contribution in [-0.4, -0.2) is 52.0 Å². The van der Waals surface area contributed by atoms with Crippen molar-refractivity contribution in [2.45, 2.75) is 53.5 Å². The predicted octanol–water partition coefficient (Wildman–Crippen LogP) is 2.69. The zero-order valence-corrected chi connectivity index (χ0v) is 16.4. The average molecular weight is 358 g/mol. The van der Waals surface area contributed by atoms with Gasteiger partial charge in [-0.15, -0.1) is 17.5 Å². The van der Waals surface area contributed by atoms with Gasteiger partial charge in [0.15, 0.2) is 5.69 Å². The highest BCUT2D eigenvalue weighted by Crippen LogP contribution is 2.21. The van der Waals surface area contributed by atoms with Gasteiger partial charge in [0.05, 0.1) is 11.7 Å². The first-order valence-corrected chi connectivity index (χ1v) is 8.82. The number of carbonyl (C=O) groups is 1. The van der Waals surface area contributed by atoms with Crippen LogP contribution in [-0.2, 0) is 0 Å². The molecule has 1 amide bonds. The first-order valence-electron chi connectivity index (χ1n) is 8.82. The minimum Gasteiger partial charge on any atom is -0.337 e. The van der Waals surface area contributed by atoms with Gasteiger partial charge in [-0.1, -0.05) is 32.9 Å². The van der Waals surface area contributed by atoms with E-state index >= 15 is 0 Å². The van der Waals surface area contributed by atoms with Crippen LogP contribution in [0, 0.1) is 18.8 Å². The second-order valence-electron chi connectivity index (χ2n) is 7.45. The molecule has 2 rings (SSSR count). The molecule has 1 fully saturated rings. The van der Waals surface area contributed by atoms with E-state index in [0.717, 1.165) is 44.7 Å². The van der Waals surface area contributed by atoms with E-state index in [4.69, 9.17) is 0 Å². The minimum absolute atomic E-state index is 0. The van der Waals surface area contributed by atoms with Crippen molar-refractivity contribution in [3.63, 3.8) is 0 Å². The standard InChI is InChI=1S/C17H31N5O.ClH/c1-12(2)10-21(11-13(3)4)17(23)16-14(5)22(20-19-16)15-6-8-18-9-7-15;/h12-13,15,18H,6-11H2,1-5H3;1H. The summed E-state index contributed by atoms with van der Waals surface area (Å²) in [7, 11) is 0. The van der Waals surface area contributed by atoms with Gasteiger partial charge >= 0.3 is 0 Å². The summed E-state index contributed by atoms with van der Waals surface area (Å²) in [5.41, 5.74) is 1.42. The third-order valence-electron chi connectivity index (χ3n) is 4.24. The molecule has 0 bridgehead atoms. The molecule has 0 spiro atoms. The minimum atomic E-state index is 0. The van der Waals surface area contributed by atoms with Crippen molar-refractivity contribution in [3.8, 4) is 0 Å². The first-order chi connectivity index (χ1) is 10.9. The molecule has 1 N–H and O–H groups in total. The Morgan fingerprint density at radius 1 is 1.21 bits per heavy atom. The summed E-state index contributed by atoms with van der Waals surface area (Å²) in [5, 5.41) is 11.9. The molecule has 1 aromatic heterocycles. The lowest BCUT2D eigenvalue weighted by Gasteiger charge is -2.26. The lowest BCUT2D eigenvalue weighted by Crippen LogP contribution is -2.37. The van der Waals surface area contributed by atoms with Crippen molar-refractivity contribution < 1.29 is 4.79 Å². The molecule has 138 valence electrons. The molecule has 0 aromatic carbocycles. The Morgan fingerprint density at radius 2 is 1.75 bits per heavy atom. The fourth-order valence-corrected chi connectivity index (χ4v) is 3.21. The SMILES string of the molecule is Cc1c(C(=O)N(CC(C)C)CC(C)C)nnn1C1CCNCC1.Cl. The molecule has 24 heavy (non-hydrogen) atoms. The van der Waals surface area contributed by atoms with Gasteiger partial charge in [0, 0.05) is 13.1 Å². The molecule has 1 aliphatic rings. The number of hydrogen-bond acceptors (Lipinski definition) is 4. The van der Waals surface area contributed by atoms with Crippen molar-refractivity contribution >= 4 is 18.3 Å². The van der Waals surface area contributed by atoms with Crippen LogP contribution in [0.4, 0.5) is 0 Å². The molecule has 1 saturated heterocycles. The Bertz CT molecular complexity index is 513. The first kappa shape index (κ1) is 20.9. The molecule has 1 aromatic rings. The van der Waals surface area contributed by atoms with Crippen LogP contribution >= 0.6 is 12.4 Å². The number of aromatic nitrogens is 3. The maximum Gasteiger partial charge on any atom is 0.276 e. The highest BCUT2D eigenvalue weighted by molar-refractivity contribution is 5.93. The lowest BCUT2D eigenvalue weighted by molar-refractivity contribution is 0.0708. The van der Waals surface area contributed by atoms with E-state index in [1.807, 2.05) is 16.5 Å². The van der Waals surface area contributed by atoms with Crippen LogP contribution in [0.2, 0.25) is 0 Å². The van der Waals surface area contributed by atoms with Gasteiger partial charge in [0.1, 0.15) is 0 Å². The maximum absolute atomic E-state index is 12.9. The summed E-state index contributed by atoms with van der Waals surface area (Å²) >= 11 is 0. The van der Waals surface area contributed by atoms with Crippen molar-refractivity contribution in [3.05, 3.63) is 11.4 Å². The molecule has 0 atom stereocenters. The molecule has 1 aliphatic heterocycles.